The number of aldehydes is 1. The first-order chi connectivity index (χ1) is 13.7. The number of fused-ring (bicyclic) bond motifs is 1. The molecular weight excluding hydrogens is 357 g/mol. The lowest BCUT2D eigenvalue weighted by molar-refractivity contribution is -0.119. The molecule has 0 bridgehead atoms. The van der Waals surface area contributed by atoms with E-state index in [1.54, 1.807) is 6.07 Å². The topological polar surface area (TPSA) is 46.6 Å². The highest BCUT2D eigenvalue weighted by Crippen LogP contribution is 2.40. The molecule has 1 saturated carbocycles. The van der Waals surface area contributed by atoms with Gasteiger partial charge in [0.2, 0.25) is 5.91 Å². The summed E-state index contributed by atoms with van der Waals surface area (Å²) in [5.41, 5.74) is 3.27. The van der Waals surface area contributed by atoms with Crippen molar-refractivity contribution in [2.45, 2.75) is 45.1 Å². The first-order valence-corrected chi connectivity index (χ1v) is 9.94. The van der Waals surface area contributed by atoms with Gasteiger partial charge in [0.05, 0.1) is 5.69 Å². The fourth-order valence-electron chi connectivity index (χ4n) is 3.76. The van der Waals surface area contributed by atoms with E-state index in [9.17, 15) is 14.0 Å². The lowest BCUT2D eigenvalue weighted by Crippen LogP contribution is -2.36. The molecule has 0 radical (unpaired) electrons. The van der Waals surface area contributed by atoms with Crippen molar-refractivity contribution in [3.8, 4) is 5.75 Å². The minimum absolute atomic E-state index is 0.159. The van der Waals surface area contributed by atoms with Crippen LogP contribution in [0.4, 0.5) is 10.1 Å². The summed E-state index contributed by atoms with van der Waals surface area (Å²) in [5, 5.41) is 0. The van der Waals surface area contributed by atoms with Crippen LogP contribution in [0.15, 0.2) is 36.4 Å². The summed E-state index contributed by atoms with van der Waals surface area (Å²) < 4.78 is 20.2. The number of ether oxygens (including phenoxy) is 1. The van der Waals surface area contributed by atoms with Gasteiger partial charge in [0.1, 0.15) is 24.5 Å². The summed E-state index contributed by atoms with van der Waals surface area (Å²) in [6.07, 6.45) is 5.36. The number of rotatable bonds is 7. The van der Waals surface area contributed by atoms with Gasteiger partial charge in [-0.3, -0.25) is 4.79 Å². The number of halogens is 1. The van der Waals surface area contributed by atoms with Crippen molar-refractivity contribution < 1.29 is 18.7 Å². The van der Waals surface area contributed by atoms with Crippen LogP contribution in [0.3, 0.4) is 0 Å². The van der Waals surface area contributed by atoms with Gasteiger partial charge in [0.15, 0.2) is 0 Å². The summed E-state index contributed by atoms with van der Waals surface area (Å²) >= 11 is 0. The van der Waals surface area contributed by atoms with Gasteiger partial charge < -0.3 is 14.4 Å². The number of amides is 1. The monoisotopic (exact) mass is 381 g/mol. The maximum absolute atomic E-state index is 14.2. The minimum Gasteiger partial charge on any atom is -0.487 e. The zero-order valence-corrected chi connectivity index (χ0v) is 15.8. The Labute approximate surface area is 164 Å². The molecule has 2 aliphatic rings. The Morgan fingerprint density at radius 1 is 1.25 bits per heavy atom. The van der Waals surface area contributed by atoms with Gasteiger partial charge in [0.25, 0.3) is 0 Å². The van der Waals surface area contributed by atoms with Crippen LogP contribution in [0.5, 0.6) is 5.75 Å². The Bertz CT molecular complexity index is 891. The van der Waals surface area contributed by atoms with Crippen LogP contribution in [-0.2, 0) is 29.0 Å². The molecule has 0 saturated heterocycles. The molecular formula is C23H24FNO3. The van der Waals surface area contributed by atoms with E-state index >= 15 is 0 Å². The lowest BCUT2D eigenvalue weighted by atomic mass is 10.0. The fourth-order valence-corrected chi connectivity index (χ4v) is 3.76. The van der Waals surface area contributed by atoms with Crippen molar-refractivity contribution in [2.24, 2.45) is 5.92 Å². The fraction of sp³-hybridized carbons (Fsp3) is 0.391. The molecule has 1 aliphatic carbocycles. The molecule has 1 amide bonds. The smallest absolute Gasteiger partial charge is 0.230 e. The van der Waals surface area contributed by atoms with Crippen LogP contribution in [0.25, 0.3) is 0 Å². The number of para-hydroxylation sites is 1. The highest BCUT2D eigenvalue weighted by molar-refractivity contribution is 5.99. The molecule has 0 spiro atoms. The molecule has 146 valence electrons. The second kappa shape index (κ2) is 8.13. The number of anilines is 1. The van der Waals surface area contributed by atoms with Gasteiger partial charge in [0, 0.05) is 18.9 Å². The molecule has 1 aliphatic heterocycles. The van der Waals surface area contributed by atoms with Crippen molar-refractivity contribution in [1.82, 2.24) is 0 Å². The van der Waals surface area contributed by atoms with Crippen molar-refractivity contribution >= 4 is 17.9 Å². The van der Waals surface area contributed by atoms with Crippen LogP contribution in [0.1, 0.15) is 42.4 Å². The summed E-state index contributed by atoms with van der Waals surface area (Å²) in [4.78, 5) is 25.1. The average Bonchev–Trinajstić information content (AvgIpc) is 3.56. The molecule has 5 heteroatoms. The summed E-state index contributed by atoms with van der Waals surface area (Å²) in [7, 11) is 0. The molecule has 0 unspecified atom stereocenters. The van der Waals surface area contributed by atoms with Crippen LogP contribution < -0.4 is 9.64 Å². The zero-order chi connectivity index (χ0) is 19.5. The molecule has 4 rings (SSSR count). The molecule has 4 nitrogen and oxygen atoms in total. The summed E-state index contributed by atoms with van der Waals surface area (Å²) in [6.45, 7) is 0.954. The molecule has 0 atom stereocenters. The molecule has 1 heterocycles. The van der Waals surface area contributed by atoms with Crippen LogP contribution >= 0.6 is 0 Å². The highest BCUT2D eigenvalue weighted by atomic mass is 19.1. The summed E-state index contributed by atoms with van der Waals surface area (Å²) in [6, 6.07) is 10.9. The predicted octanol–water partition coefficient (Wildman–Crippen LogP) is 4.23. The first kappa shape index (κ1) is 18.7. The number of carbonyl (C=O) groups excluding carboxylic acids is 2. The second-order valence-electron chi connectivity index (χ2n) is 7.55. The van der Waals surface area contributed by atoms with E-state index in [0.717, 1.165) is 55.3 Å². The van der Waals surface area contributed by atoms with E-state index in [-0.39, 0.29) is 24.2 Å². The SMILES string of the molecule is O=CCCc1ccc(COc2cccc3c2N(C(=O)C2CC2)CCC3)cc1F. The van der Waals surface area contributed by atoms with E-state index in [1.807, 2.05) is 23.1 Å². The maximum atomic E-state index is 14.2. The van der Waals surface area contributed by atoms with Crippen molar-refractivity contribution in [1.29, 1.82) is 0 Å². The Morgan fingerprint density at radius 2 is 2.11 bits per heavy atom. The van der Waals surface area contributed by atoms with Crippen LogP contribution in [-0.4, -0.2) is 18.7 Å². The number of nitrogens with zero attached hydrogens (tertiary/aromatic N) is 1. The van der Waals surface area contributed by atoms with Gasteiger partial charge >= 0.3 is 0 Å². The largest absolute Gasteiger partial charge is 0.487 e. The Hall–Kier alpha value is -2.69. The molecule has 28 heavy (non-hydrogen) atoms. The van der Waals surface area contributed by atoms with Crippen molar-refractivity contribution in [3.63, 3.8) is 0 Å². The predicted molar refractivity (Wildman–Crippen MR) is 105 cm³/mol. The quantitative estimate of drug-likeness (QED) is 0.675. The van der Waals surface area contributed by atoms with Crippen molar-refractivity contribution in [2.75, 3.05) is 11.4 Å². The second-order valence-corrected chi connectivity index (χ2v) is 7.55. The molecule has 1 fully saturated rings. The number of hydrogen-bond acceptors (Lipinski definition) is 3. The molecule has 2 aromatic rings. The van der Waals surface area contributed by atoms with Gasteiger partial charge in [-0.15, -0.1) is 0 Å². The van der Waals surface area contributed by atoms with Crippen molar-refractivity contribution in [3.05, 3.63) is 58.9 Å². The Kier molecular flexibility index (Phi) is 5.42. The third-order valence-electron chi connectivity index (χ3n) is 5.42. The normalized spacial score (nSPS) is 15.8. The average molecular weight is 381 g/mol. The first-order valence-electron chi connectivity index (χ1n) is 9.94. The van der Waals surface area contributed by atoms with Gasteiger partial charge in [-0.2, -0.15) is 0 Å². The van der Waals surface area contributed by atoms with E-state index in [2.05, 4.69) is 6.07 Å². The van der Waals surface area contributed by atoms with Gasteiger partial charge in [-0.25, -0.2) is 4.39 Å². The van der Waals surface area contributed by atoms with E-state index in [1.165, 1.54) is 6.07 Å². The number of aryl methyl sites for hydroxylation is 2. The molecule has 2 aromatic carbocycles. The minimum atomic E-state index is -0.316. The number of carbonyl (C=O) groups is 2. The summed E-state index contributed by atoms with van der Waals surface area (Å²) in [5.74, 6) is 0.717. The lowest BCUT2D eigenvalue weighted by Gasteiger charge is -2.31. The van der Waals surface area contributed by atoms with Gasteiger partial charge in [-0.05, 0) is 60.9 Å². The van der Waals surface area contributed by atoms with E-state index < -0.39 is 0 Å². The van der Waals surface area contributed by atoms with E-state index in [4.69, 9.17) is 4.74 Å². The third-order valence-corrected chi connectivity index (χ3v) is 5.42. The van der Waals surface area contributed by atoms with Crippen LogP contribution in [0, 0.1) is 11.7 Å². The highest BCUT2D eigenvalue weighted by Gasteiger charge is 2.36. The molecule has 0 aromatic heterocycles. The standard InChI is InChI=1S/C23H24FNO3/c24-20-14-16(8-9-17(20)6-3-13-26)15-28-21-7-1-4-18-5-2-12-25(22(18)21)23(27)19-10-11-19/h1,4,7-9,13-14,19H,2-3,5-6,10-12,15H2. The number of hydrogen-bond donors (Lipinski definition) is 0. The van der Waals surface area contributed by atoms with Crippen LogP contribution in [0.2, 0.25) is 0 Å². The Balaban J connectivity index is 1.52. The third kappa shape index (κ3) is 3.93. The number of benzene rings is 2. The molecule has 0 N–H and O–H groups in total. The maximum Gasteiger partial charge on any atom is 0.230 e. The van der Waals surface area contributed by atoms with E-state index in [0.29, 0.717) is 24.2 Å². The zero-order valence-electron chi connectivity index (χ0n) is 15.8. The van der Waals surface area contributed by atoms with Gasteiger partial charge in [-0.1, -0.05) is 24.3 Å². The Morgan fingerprint density at radius 3 is 2.86 bits per heavy atom.